The van der Waals surface area contributed by atoms with Crippen molar-refractivity contribution in [2.45, 2.75) is 4.90 Å². The van der Waals surface area contributed by atoms with Gasteiger partial charge in [-0.3, -0.25) is 4.72 Å². The lowest BCUT2D eigenvalue weighted by Gasteiger charge is -2.13. The molecule has 3 N–H and O–H groups in total. The first kappa shape index (κ1) is 19.0. The summed E-state index contributed by atoms with van der Waals surface area (Å²) < 4.78 is 32.7. The quantitative estimate of drug-likeness (QED) is 0.631. The van der Waals surface area contributed by atoms with Crippen LogP contribution in [-0.4, -0.2) is 37.7 Å². The van der Waals surface area contributed by atoms with Crippen molar-refractivity contribution in [3.05, 3.63) is 59.7 Å². The molecule has 26 heavy (non-hydrogen) atoms. The maximum atomic E-state index is 12.7. The SMILES string of the molecule is COc1ccc(/C=C/C(=O)O)cc1S(=O)(=O)Nc1ccccc1C(=O)O. The molecule has 0 saturated heterocycles. The standard InChI is InChI=1S/C17H15NO7S/c1-25-14-8-6-11(7-9-16(19)20)10-15(14)26(23,24)18-13-5-3-2-4-12(13)17(21)22/h2-10,18H,1H3,(H,19,20)(H,21,22)/b9-7+. The van der Waals surface area contributed by atoms with Crippen LogP contribution in [0.4, 0.5) is 5.69 Å². The Kier molecular flexibility index (Phi) is 5.63. The smallest absolute Gasteiger partial charge is 0.337 e. The number of carboxylic acid groups (broad SMARTS) is 2. The average Bonchev–Trinajstić information content (AvgIpc) is 2.59. The number of para-hydroxylation sites is 1. The van der Waals surface area contributed by atoms with Gasteiger partial charge in [-0.15, -0.1) is 0 Å². The Bertz CT molecular complexity index is 980. The van der Waals surface area contributed by atoms with Gasteiger partial charge in [0.25, 0.3) is 10.0 Å². The maximum absolute atomic E-state index is 12.7. The topological polar surface area (TPSA) is 130 Å². The fourth-order valence-corrected chi connectivity index (χ4v) is 3.42. The Morgan fingerprint density at radius 3 is 2.42 bits per heavy atom. The van der Waals surface area contributed by atoms with Crippen molar-refractivity contribution in [1.29, 1.82) is 0 Å². The monoisotopic (exact) mass is 377 g/mol. The minimum absolute atomic E-state index is 0.0257. The van der Waals surface area contributed by atoms with Crippen molar-refractivity contribution in [2.75, 3.05) is 11.8 Å². The molecular formula is C17H15NO7S. The highest BCUT2D eigenvalue weighted by molar-refractivity contribution is 7.92. The molecule has 0 bridgehead atoms. The van der Waals surface area contributed by atoms with Crippen LogP contribution in [0.25, 0.3) is 6.08 Å². The largest absolute Gasteiger partial charge is 0.495 e. The van der Waals surface area contributed by atoms with E-state index in [1.165, 1.54) is 55.7 Å². The molecule has 0 heterocycles. The number of rotatable bonds is 7. The zero-order valence-electron chi connectivity index (χ0n) is 13.5. The van der Waals surface area contributed by atoms with Crippen LogP contribution >= 0.6 is 0 Å². The summed E-state index contributed by atoms with van der Waals surface area (Å²) >= 11 is 0. The number of anilines is 1. The van der Waals surface area contributed by atoms with Gasteiger partial charge < -0.3 is 14.9 Å². The van der Waals surface area contributed by atoms with E-state index in [2.05, 4.69) is 4.72 Å². The number of carboxylic acids is 2. The van der Waals surface area contributed by atoms with Crippen LogP contribution in [0.2, 0.25) is 0 Å². The predicted octanol–water partition coefficient (Wildman–Crippen LogP) is 2.29. The summed E-state index contributed by atoms with van der Waals surface area (Å²) in [6.45, 7) is 0. The van der Waals surface area contributed by atoms with Gasteiger partial charge in [0.2, 0.25) is 0 Å². The summed E-state index contributed by atoms with van der Waals surface area (Å²) in [7, 11) is -2.91. The highest BCUT2D eigenvalue weighted by Crippen LogP contribution is 2.28. The second-order valence-corrected chi connectivity index (χ2v) is 6.69. The first-order chi connectivity index (χ1) is 12.2. The van der Waals surface area contributed by atoms with Crippen LogP contribution in [0, 0.1) is 0 Å². The van der Waals surface area contributed by atoms with E-state index in [1.54, 1.807) is 0 Å². The molecule has 0 atom stereocenters. The van der Waals surface area contributed by atoms with Crippen LogP contribution in [0.5, 0.6) is 5.75 Å². The van der Waals surface area contributed by atoms with Gasteiger partial charge in [-0.2, -0.15) is 0 Å². The average molecular weight is 377 g/mol. The van der Waals surface area contributed by atoms with E-state index in [-0.39, 0.29) is 21.9 Å². The molecule has 0 amide bonds. The summed E-state index contributed by atoms with van der Waals surface area (Å²) in [5.41, 5.74) is 0.00518. The van der Waals surface area contributed by atoms with Gasteiger partial charge in [0.1, 0.15) is 10.6 Å². The van der Waals surface area contributed by atoms with Crippen molar-refractivity contribution in [3.8, 4) is 5.75 Å². The Hall–Kier alpha value is -3.33. The molecular weight excluding hydrogens is 362 g/mol. The van der Waals surface area contributed by atoms with Gasteiger partial charge in [-0.05, 0) is 35.9 Å². The van der Waals surface area contributed by atoms with Crippen LogP contribution in [-0.2, 0) is 14.8 Å². The second-order valence-electron chi connectivity index (χ2n) is 5.04. The molecule has 0 aliphatic carbocycles. The number of aliphatic carboxylic acids is 1. The minimum Gasteiger partial charge on any atom is -0.495 e. The Morgan fingerprint density at radius 2 is 1.81 bits per heavy atom. The maximum Gasteiger partial charge on any atom is 0.337 e. The Balaban J connectivity index is 2.50. The number of methoxy groups -OCH3 is 1. The number of sulfonamides is 1. The van der Waals surface area contributed by atoms with E-state index in [4.69, 9.17) is 9.84 Å². The van der Waals surface area contributed by atoms with E-state index in [1.807, 2.05) is 0 Å². The van der Waals surface area contributed by atoms with E-state index in [0.717, 1.165) is 6.08 Å². The van der Waals surface area contributed by atoms with E-state index >= 15 is 0 Å². The number of carbonyl (C=O) groups is 2. The van der Waals surface area contributed by atoms with Crippen LogP contribution in [0.15, 0.2) is 53.4 Å². The third kappa shape index (κ3) is 4.39. The fourth-order valence-electron chi connectivity index (χ4n) is 2.13. The number of ether oxygens (including phenoxy) is 1. The van der Waals surface area contributed by atoms with Gasteiger partial charge in [0.05, 0.1) is 18.4 Å². The number of hydrogen-bond donors (Lipinski definition) is 3. The van der Waals surface area contributed by atoms with Gasteiger partial charge in [-0.25, -0.2) is 18.0 Å². The summed E-state index contributed by atoms with van der Waals surface area (Å²) in [6.07, 6.45) is 2.09. The molecule has 0 spiro atoms. The fraction of sp³-hybridized carbons (Fsp3) is 0.0588. The third-order valence-electron chi connectivity index (χ3n) is 3.30. The molecule has 0 aliphatic rings. The van der Waals surface area contributed by atoms with Crippen molar-refractivity contribution in [2.24, 2.45) is 0 Å². The summed E-state index contributed by atoms with van der Waals surface area (Å²) in [6, 6.07) is 9.64. The zero-order valence-corrected chi connectivity index (χ0v) is 14.4. The number of nitrogens with one attached hydrogen (secondary N) is 1. The van der Waals surface area contributed by atoms with Crippen LogP contribution in [0.3, 0.4) is 0 Å². The molecule has 0 aliphatic heterocycles. The molecule has 0 radical (unpaired) electrons. The normalized spacial score (nSPS) is 11.3. The van der Waals surface area contributed by atoms with Gasteiger partial charge in [0.15, 0.2) is 0 Å². The highest BCUT2D eigenvalue weighted by atomic mass is 32.2. The third-order valence-corrected chi connectivity index (χ3v) is 4.68. The predicted molar refractivity (Wildman–Crippen MR) is 93.9 cm³/mol. The van der Waals surface area contributed by atoms with Gasteiger partial charge >= 0.3 is 11.9 Å². The first-order valence-corrected chi connectivity index (χ1v) is 8.67. The van der Waals surface area contributed by atoms with E-state index in [0.29, 0.717) is 5.56 Å². The van der Waals surface area contributed by atoms with E-state index in [9.17, 15) is 23.1 Å². The molecule has 9 heteroatoms. The molecule has 0 aromatic heterocycles. The van der Waals surface area contributed by atoms with Crippen molar-refractivity contribution < 1.29 is 33.0 Å². The van der Waals surface area contributed by atoms with Crippen molar-refractivity contribution in [3.63, 3.8) is 0 Å². The molecule has 2 aromatic carbocycles. The lowest BCUT2D eigenvalue weighted by atomic mass is 10.2. The van der Waals surface area contributed by atoms with Crippen LogP contribution < -0.4 is 9.46 Å². The molecule has 0 unspecified atom stereocenters. The van der Waals surface area contributed by atoms with Crippen molar-refractivity contribution >= 4 is 33.7 Å². The molecule has 136 valence electrons. The molecule has 0 saturated carbocycles. The Labute approximate surface area is 149 Å². The Morgan fingerprint density at radius 1 is 1.12 bits per heavy atom. The van der Waals surface area contributed by atoms with Crippen LogP contribution in [0.1, 0.15) is 15.9 Å². The zero-order chi connectivity index (χ0) is 19.3. The van der Waals surface area contributed by atoms with Gasteiger partial charge in [-0.1, -0.05) is 18.2 Å². The minimum atomic E-state index is -4.19. The lowest BCUT2D eigenvalue weighted by Crippen LogP contribution is -2.16. The molecule has 2 aromatic rings. The van der Waals surface area contributed by atoms with Gasteiger partial charge in [0, 0.05) is 6.08 Å². The first-order valence-electron chi connectivity index (χ1n) is 7.19. The summed E-state index contributed by atoms with van der Waals surface area (Å²) in [5.74, 6) is -2.44. The second kappa shape index (κ2) is 7.70. The van der Waals surface area contributed by atoms with Crippen molar-refractivity contribution in [1.82, 2.24) is 0 Å². The summed E-state index contributed by atoms with van der Waals surface area (Å²) in [5, 5.41) is 17.9. The number of aromatic carboxylic acids is 1. The van der Waals surface area contributed by atoms with E-state index < -0.39 is 22.0 Å². The summed E-state index contributed by atoms with van der Waals surface area (Å²) in [4.78, 5) is 21.6. The molecule has 8 nitrogen and oxygen atoms in total. The molecule has 0 fully saturated rings. The number of hydrogen-bond acceptors (Lipinski definition) is 5. The lowest BCUT2D eigenvalue weighted by molar-refractivity contribution is -0.131. The molecule has 2 rings (SSSR count). The highest BCUT2D eigenvalue weighted by Gasteiger charge is 2.22. The number of benzene rings is 2.